The van der Waals surface area contributed by atoms with Crippen molar-refractivity contribution in [3.8, 4) is 0 Å². The molecule has 2 bridgehead atoms. The van der Waals surface area contributed by atoms with E-state index in [1.807, 2.05) is 0 Å². The van der Waals surface area contributed by atoms with Gasteiger partial charge < -0.3 is 21.3 Å². The molecule has 4 aliphatic rings. The Bertz CT molecular complexity index is 566. The molecule has 0 spiro atoms. The summed E-state index contributed by atoms with van der Waals surface area (Å²) in [5.41, 5.74) is 13.4. The van der Waals surface area contributed by atoms with Crippen molar-refractivity contribution in [3.63, 3.8) is 0 Å². The van der Waals surface area contributed by atoms with Crippen LogP contribution < -0.4 is 16.4 Å². The molecular weight excluding hydrogens is 276 g/mol. The molecule has 6 nitrogen and oxygen atoms in total. The van der Waals surface area contributed by atoms with Crippen LogP contribution in [-0.2, 0) is 0 Å². The standard InChI is InChI=1S/C16H26N6/c1-10-3-2-6-22(10)15-13(14(17)19-16(18)20-15)12-9-21-7-4-11(12)5-8-21/h10-12H,2-9H2,1H3,(H4,17,18,19,20). The van der Waals surface area contributed by atoms with E-state index in [1.165, 1.54) is 38.8 Å². The third-order valence-electron chi connectivity index (χ3n) is 5.82. The molecule has 0 aliphatic carbocycles. The molecule has 1 aromatic heterocycles. The minimum absolute atomic E-state index is 0.302. The van der Waals surface area contributed by atoms with E-state index in [0.717, 1.165) is 30.4 Å². The van der Waals surface area contributed by atoms with Crippen LogP contribution >= 0.6 is 0 Å². The van der Waals surface area contributed by atoms with Gasteiger partial charge in [0.25, 0.3) is 0 Å². The summed E-state index contributed by atoms with van der Waals surface area (Å²) in [6.07, 6.45) is 4.96. The van der Waals surface area contributed by atoms with E-state index in [2.05, 4.69) is 26.7 Å². The second kappa shape index (κ2) is 5.26. The molecule has 4 saturated heterocycles. The van der Waals surface area contributed by atoms with Gasteiger partial charge in [0.1, 0.15) is 11.6 Å². The molecule has 0 aromatic carbocycles. The highest BCUT2D eigenvalue weighted by Gasteiger charge is 2.39. The Hall–Kier alpha value is -1.56. The highest BCUT2D eigenvalue weighted by Crippen LogP contribution is 2.44. The Kier molecular flexibility index (Phi) is 3.36. The smallest absolute Gasteiger partial charge is 0.223 e. The van der Waals surface area contributed by atoms with Crippen molar-refractivity contribution in [3.05, 3.63) is 5.56 Å². The van der Waals surface area contributed by atoms with Crippen molar-refractivity contribution in [1.82, 2.24) is 14.9 Å². The molecule has 2 atom stereocenters. The first kappa shape index (κ1) is 14.1. The lowest BCUT2D eigenvalue weighted by Crippen LogP contribution is -2.47. The zero-order valence-electron chi connectivity index (χ0n) is 13.3. The molecule has 0 amide bonds. The van der Waals surface area contributed by atoms with Gasteiger partial charge in [-0.1, -0.05) is 0 Å². The number of piperidine rings is 3. The number of nitrogen functional groups attached to an aromatic ring is 2. The molecule has 6 heteroatoms. The van der Waals surface area contributed by atoms with Gasteiger partial charge >= 0.3 is 0 Å². The molecule has 0 saturated carbocycles. The van der Waals surface area contributed by atoms with Crippen molar-refractivity contribution in [1.29, 1.82) is 0 Å². The molecule has 120 valence electrons. The van der Waals surface area contributed by atoms with Crippen molar-refractivity contribution >= 4 is 17.6 Å². The lowest BCUT2D eigenvalue weighted by Gasteiger charge is -2.45. The van der Waals surface area contributed by atoms with Crippen LogP contribution in [0.4, 0.5) is 17.6 Å². The zero-order chi connectivity index (χ0) is 15.3. The molecule has 5 heterocycles. The van der Waals surface area contributed by atoms with Crippen LogP contribution in [0.1, 0.15) is 44.1 Å². The summed E-state index contributed by atoms with van der Waals surface area (Å²) in [4.78, 5) is 13.9. The summed E-state index contributed by atoms with van der Waals surface area (Å²) in [6.45, 7) is 6.86. The number of rotatable bonds is 2. The number of hydrogen-bond acceptors (Lipinski definition) is 6. The summed E-state index contributed by atoms with van der Waals surface area (Å²) in [5.74, 6) is 3.09. The maximum Gasteiger partial charge on any atom is 0.223 e. The minimum Gasteiger partial charge on any atom is -0.383 e. The van der Waals surface area contributed by atoms with Crippen molar-refractivity contribution < 1.29 is 0 Å². The summed E-state index contributed by atoms with van der Waals surface area (Å²) in [5, 5.41) is 0. The van der Waals surface area contributed by atoms with Gasteiger partial charge in [-0.3, -0.25) is 0 Å². The van der Waals surface area contributed by atoms with Crippen LogP contribution in [0.5, 0.6) is 0 Å². The van der Waals surface area contributed by atoms with Crippen molar-refractivity contribution in [2.24, 2.45) is 5.92 Å². The fourth-order valence-corrected chi connectivity index (χ4v) is 4.61. The van der Waals surface area contributed by atoms with Gasteiger partial charge in [0.2, 0.25) is 5.95 Å². The quantitative estimate of drug-likeness (QED) is 0.860. The average Bonchev–Trinajstić information content (AvgIpc) is 2.93. The van der Waals surface area contributed by atoms with E-state index < -0.39 is 0 Å². The number of nitrogens with two attached hydrogens (primary N) is 2. The second-order valence-corrected chi connectivity index (χ2v) is 7.13. The van der Waals surface area contributed by atoms with Crippen LogP contribution in [0.3, 0.4) is 0 Å². The van der Waals surface area contributed by atoms with Gasteiger partial charge in [-0.2, -0.15) is 9.97 Å². The van der Waals surface area contributed by atoms with Gasteiger partial charge in [-0.25, -0.2) is 0 Å². The predicted octanol–water partition coefficient (Wildman–Crippen LogP) is 1.44. The number of anilines is 3. The van der Waals surface area contributed by atoms with Crippen LogP contribution in [-0.4, -0.2) is 47.1 Å². The first-order valence-corrected chi connectivity index (χ1v) is 8.55. The third kappa shape index (κ3) is 2.20. The first-order chi connectivity index (χ1) is 10.6. The largest absolute Gasteiger partial charge is 0.383 e. The fourth-order valence-electron chi connectivity index (χ4n) is 4.61. The zero-order valence-corrected chi connectivity index (χ0v) is 13.3. The molecule has 5 rings (SSSR count). The van der Waals surface area contributed by atoms with Gasteiger partial charge in [0, 0.05) is 30.6 Å². The molecule has 4 N–H and O–H groups in total. The van der Waals surface area contributed by atoms with E-state index in [4.69, 9.17) is 11.5 Å². The number of fused-ring (bicyclic) bond motifs is 3. The lowest BCUT2D eigenvalue weighted by atomic mass is 9.75. The summed E-state index contributed by atoms with van der Waals surface area (Å²) < 4.78 is 0. The van der Waals surface area contributed by atoms with E-state index >= 15 is 0 Å². The van der Waals surface area contributed by atoms with Crippen LogP contribution in [0, 0.1) is 5.92 Å². The van der Waals surface area contributed by atoms with Crippen LogP contribution in [0.15, 0.2) is 0 Å². The Labute approximate surface area is 131 Å². The van der Waals surface area contributed by atoms with Crippen LogP contribution in [0.25, 0.3) is 0 Å². The molecule has 1 aromatic rings. The topological polar surface area (TPSA) is 84.3 Å². The Morgan fingerprint density at radius 1 is 1.05 bits per heavy atom. The first-order valence-electron chi connectivity index (χ1n) is 8.55. The van der Waals surface area contributed by atoms with Crippen molar-refractivity contribution in [2.75, 3.05) is 42.5 Å². The number of nitrogens with zero attached hydrogens (tertiary/aromatic N) is 4. The molecule has 2 unspecified atom stereocenters. The fraction of sp³-hybridized carbons (Fsp3) is 0.750. The van der Waals surface area contributed by atoms with E-state index in [-0.39, 0.29) is 0 Å². The van der Waals surface area contributed by atoms with Gasteiger partial charge in [-0.15, -0.1) is 0 Å². The normalized spacial score (nSPS) is 34.3. The van der Waals surface area contributed by atoms with Gasteiger partial charge in [-0.05, 0) is 51.6 Å². The van der Waals surface area contributed by atoms with Crippen LogP contribution in [0.2, 0.25) is 0 Å². The summed E-state index contributed by atoms with van der Waals surface area (Å²) in [6, 6.07) is 0.508. The Morgan fingerprint density at radius 2 is 1.82 bits per heavy atom. The lowest BCUT2D eigenvalue weighted by molar-refractivity contribution is 0.0873. The minimum atomic E-state index is 0.302. The van der Waals surface area contributed by atoms with E-state index in [1.54, 1.807) is 0 Å². The third-order valence-corrected chi connectivity index (χ3v) is 5.82. The second-order valence-electron chi connectivity index (χ2n) is 7.13. The number of aromatic nitrogens is 2. The van der Waals surface area contributed by atoms with Crippen molar-refractivity contribution in [2.45, 2.75) is 44.6 Å². The summed E-state index contributed by atoms with van der Waals surface area (Å²) in [7, 11) is 0. The maximum absolute atomic E-state index is 6.32. The average molecular weight is 302 g/mol. The highest BCUT2D eigenvalue weighted by atomic mass is 15.3. The van der Waals surface area contributed by atoms with E-state index in [0.29, 0.717) is 23.7 Å². The Balaban J connectivity index is 1.77. The predicted molar refractivity (Wildman–Crippen MR) is 88.8 cm³/mol. The molecule has 4 fully saturated rings. The monoisotopic (exact) mass is 302 g/mol. The number of hydrogen-bond donors (Lipinski definition) is 2. The molecule has 22 heavy (non-hydrogen) atoms. The Morgan fingerprint density at radius 3 is 2.41 bits per heavy atom. The van der Waals surface area contributed by atoms with Gasteiger partial charge in [0.05, 0.1) is 0 Å². The molecular formula is C16H26N6. The van der Waals surface area contributed by atoms with Gasteiger partial charge in [0.15, 0.2) is 0 Å². The van der Waals surface area contributed by atoms with E-state index in [9.17, 15) is 0 Å². The maximum atomic E-state index is 6.32. The summed E-state index contributed by atoms with van der Waals surface area (Å²) >= 11 is 0. The SMILES string of the molecule is CC1CCCN1c1nc(N)nc(N)c1C1CN2CCC1CC2. The highest BCUT2D eigenvalue weighted by molar-refractivity contribution is 5.62. The molecule has 0 radical (unpaired) electrons. The molecule has 4 aliphatic heterocycles.